The van der Waals surface area contributed by atoms with Gasteiger partial charge in [-0.25, -0.2) is 9.97 Å². The lowest BCUT2D eigenvalue weighted by Crippen LogP contribution is -2.62. The summed E-state index contributed by atoms with van der Waals surface area (Å²) in [4.78, 5) is 11.0. The van der Waals surface area contributed by atoms with Gasteiger partial charge in [-0.05, 0) is 64.8 Å². The van der Waals surface area contributed by atoms with Crippen LogP contribution in [0.2, 0.25) is 0 Å². The van der Waals surface area contributed by atoms with Crippen LogP contribution in [-0.2, 0) is 0 Å². The van der Waals surface area contributed by atoms with Crippen LogP contribution >= 0.6 is 11.3 Å². The molecular formula is C24H29N7S. The van der Waals surface area contributed by atoms with Gasteiger partial charge in [-0.15, -0.1) is 21.5 Å². The number of rotatable bonds is 4. The molecule has 0 unspecified atom stereocenters. The van der Waals surface area contributed by atoms with Crippen molar-refractivity contribution >= 4 is 27.4 Å². The van der Waals surface area contributed by atoms with Crippen molar-refractivity contribution in [1.29, 1.82) is 0 Å². The van der Waals surface area contributed by atoms with Crippen molar-refractivity contribution in [3.05, 3.63) is 48.5 Å². The van der Waals surface area contributed by atoms with Crippen LogP contribution in [0.15, 0.2) is 48.5 Å². The average molecular weight is 448 g/mol. The van der Waals surface area contributed by atoms with Crippen molar-refractivity contribution in [2.24, 2.45) is 0 Å². The van der Waals surface area contributed by atoms with Crippen molar-refractivity contribution in [3.8, 4) is 16.9 Å². The van der Waals surface area contributed by atoms with Crippen molar-refractivity contribution < 1.29 is 0 Å². The molecule has 4 aromatic rings. The Morgan fingerprint density at radius 1 is 1.06 bits per heavy atom. The maximum atomic E-state index is 4.61. The van der Waals surface area contributed by atoms with Crippen LogP contribution in [0.5, 0.6) is 0 Å². The molecule has 1 aromatic carbocycles. The van der Waals surface area contributed by atoms with Crippen LogP contribution in [0, 0.1) is 0 Å². The zero-order valence-corrected chi connectivity index (χ0v) is 20.0. The van der Waals surface area contributed by atoms with Gasteiger partial charge in [0.1, 0.15) is 5.52 Å². The molecular weight excluding hydrogens is 418 g/mol. The maximum Gasteiger partial charge on any atom is 0.151 e. The third-order valence-electron chi connectivity index (χ3n) is 6.25. The second-order valence-electron chi connectivity index (χ2n) is 9.97. The SMILES string of the molecule is CN(c1ccc(-c2ccc(-n3ccnc3)c3ncsc23)nn1)C1CC(C)(C)NC(C)(C)C1. The third-order valence-corrected chi connectivity index (χ3v) is 7.11. The molecule has 32 heavy (non-hydrogen) atoms. The summed E-state index contributed by atoms with van der Waals surface area (Å²) in [6.07, 6.45) is 7.63. The lowest BCUT2D eigenvalue weighted by molar-refractivity contribution is 0.160. The standard InChI is InChI=1S/C24H29N7S/c1-23(2)12-16(13-24(3,4)29-23)30(5)20-9-7-18(27-28-20)17-6-8-19(31-11-10-25-14-31)21-22(17)32-15-26-21/h6-11,14-16,29H,12-13H2,1-5H3. The van der Waals surface area contributed by atoms with E-state index in [0.717, 1.165) is 45.8 Å². The molecule has 1 N–H and O–H groups in total. The number of nitrogens with one attached hydrogen (secondary N) is 1. The first-order chi connectivity index (χ1) is 15.2. The number of hydrogen-bond acceptors (Lipinski definition) is 7. The van der Waals surface area contributed by atoms with Gasteiger partial charge < -0.3 is 14.8 Å². The average Bonchev–Trinajstić information content (AvgIpc) is 3.43. The maximum absolute atomic E-state index is 4.61. The van der Waals surface area contributed by atoms with E-state index in [1.54, 1.807) is 23.9 Å². The molecule has 166 valence electrons. The predicted molar refractivity (Wildman–Crippen MR) is 130 cm³/mol. The van der Waals surface area contributed by atoms with Gasteiger partial charge in [0.2, 0.25) is 0 Å². The first-order valence-electron chi connectivity index (χ1n) is 10.9. The fourth-order valence-corrected chi connectivity index (χ4v) is 5.97. The zero-order valence-electron chi connectivity index (χ0n) is 19.2. The third kappa shape index (κ3) is 3.89. The van der Waals surface area contributed by atoms with Gasteiger partial charge >= 0.3 is 0 Å². The minimum absolute atomic E-state index is 0.0861. The van der Waals surface area contributed by atoms with Crippen LogP contribution in [0.1, 0.15) is 40.5 Å². The summed E-state index contributed by atoms with van der Waals surface area (Å²) in [5.74, 6) is 0.905. The molecule has 0 spiro atoms. The van der Waals surface area contributed by atoms with Crippen LogP contribution in [0.4, 0.5) is 5.82 Å². The highest BCUT2D eigenvalue weighted by Gasteiger charge is 2.39. The molecule has 0 amide bonds. The van der Waals surface area contributed by atoms with Gasteiger partial charge in [-0.3, -0.25) is 0 Å². The van der Waals surface area contributed by atoms with E-state index >= 15 is 0 Å². The minimum Gasteiger partial charge on any atom is -0.355 e. The summed E-state index contributed by atoms with van der Waals surface area (Å²) in [5, 5.41) is 13.0. The van der Waals surface area contributed by atoms with E-state index in [1.807, 2.05) is 16.3 Å². The highest BCUT2D eigenvalue weighted by molar-refractivity contribution is 7.17. The number of hydrogen-bond donors (Lipinski definition) is 1. The fourth-order valence-electron chi connectivity index (χ4n) is 5.13. The van der Waals surface area contributed by atoms with Gasteiger partial charge in [0.15, 0.2) is 5.82 Å². The molecule has 7 nitrogen and oxygen atoms in total. The smallest absolute Gasteiger partial charge is 0.151 e. The van der Waals surface area contributed by atoms with E-state index in [2.05, 4.69) is 89.4 Å². The molecule has 1 saturated heterocycles. The van der Waals surface area contributed by atoms with E-state index in [1.165, 1.54) is 0 Å². The molecule has 0 atom stereocenters. The van der Waals surface area contributed by atoms with Gasteiger partial charge in [-0.2, -0.15) is 0 Å². The Balaban J connectivity index is 1.44. The Labute approximate surface area is 192 Å². The van der Waals surface area contributed by atoms with Gasteiger partial charge in [0.25, 0.3) is 0 Å². The number of fused-ring (bicyclic) bond motifs is 1. The summed E-state index contributed by atoms with van der Waals surface area (Å²) in [7, 11) is 2.13. The topological polar surface area (TPSA) is 71.8 Å². The number of aromatic nitrogens is 5. The lowest BCUT2D eigenvalue weighted by atomic mass is 9.79. The van der Waals surface area contributed by atoms with Crippen molar-refractivity contribution in [1.82, 2.24) is 30.0 Å². The number of nitrogens with zero attached hydrogens (tertiary/aromatic N) is 6. The summed E-state index contributed by atoms with van der Waals surface area (Å²) in [5.41, 5.74) is 5.93. The molecule has 1 aliphatic rings. The molecule has 3 aromatic heterocycles. The van der Waals surface area contributed by atoms with Gasteiger partial charge in [0, 0.05) is 42.1 Å². The van der Waals surface area contributed by atoms with Crippen molar-refractivity contribution in [3.63, 3.8) is 0 Å². The molecule has 8 heteroatoms. The minimum atomic E-state index is 0.0861. The van der Waals surface area contributed by atoms with Crippen LogP contribution in [-0.4, -0.2) is 48.9 Å². The summed E-state index contributed by atoms with van der Waals surface area (Å²) in [6, 6.07) is 8.73. The molecule has 5 rings (SSSR count). The van der Waals surface area contributed by atoms with Crippen LogP contribution in [0.25, 0.3) is 27.2 Å². The number of piperidine rings is 1. The molecule has 0 bridgehead atoms. The normalized spacial score (nSPS) is 18.2. The second-order valence-corrected chi connectivity index (χ2v) is 10.8. The molecule has 0 saturated carbocycles. The van der Waals surface area contributed by atoms with Gasteiger partial charge in [0.05, 0.1) is 27.9 Å². The highest BCUT2D eigenvalue weighted by atomic mass is 32.1. The van der Waals surface area contributed by atoms with Crippen molar-refractivity contribution in [2.75, 3.05) is 11.9 Å². The molecule has 4 heterocycles. The second kappa shape index (κ2) is 7.64. The van der Waals surface area contributed by atoms with Crippen LogP contribution < -0.4 is 10.2 Å². The lowest BCUT2D eigenvalue weighted by Gasteiger charge is -2.49. The number of benzene rings is 1. The predicted octanol–water partition coefficient (Wildman–Crippen LogP) is 4.68. The van der Waals surface area contributed by atoms with Crippen LogP contribution in [0.3, 0.4) is 0 Å². The summed E-state index contributed by atoms with van der Waals surface area (Å²) < 4.78 is 3.09. The zero-order chi connectivity index (χ0) is 22.5. The first kappa shape index (κ1) is 21.0. The summed E-state index contributed by atoms with van der Waals surface area (Å²) in [6.45, 7) is 9.10. The monoisotopic (exact) mass is 447 g/mol. The fraction of sp³-hybridized carbons (Fsp3) is 0.417. The van der Waals surface area contributed by atoms with E-state index < -0.39 is 0 Å². The largest absolute Gasteiger partial charge is 0.355 e. The number of anilines is 1. The Bertz CT molecular complexity index is 1210. The van der Waals surface area contributed by atoms with Crippen molar-refractivity contribution in [2.45, 2.75) is 57.7 Å². The molecule has 1 aliphatic heterocycles. The Morgan fingerprint density at radius 2 is 1.84 bits per heavy atom. The van der Waals surface area contributed by atoms with Gasteiger partial charge in [-0.1, -0.05) is 0 Å². The Morgan fingerprint density at radius 3 is 2.50 bits per heavy atom. The number of imidazole rings is 1. The summed E-state index contributed by atoms with van der Waals surface area (Å²) >= 11 is 1.62. The highest BCUT2D eigenvalue weighted by Crippen LogP contribution is 2.35. The van der Waals surface area contributed by atoms with E-state index in [4.69, 9.17) is 0 Å². The molecule has 0 aliphatic carbocycles. The Kier molecular flexibility index (Phi) is 5.02. The molecule has 1 fully saturated rings. The Hall–Kier alpha value is -2.84. The molecule has 0 radical (unpaired) electrons. The van der Waals surface area contributed by atoms with E-state index in [0.29, 0.717) is 6.04 Å². The van der Waals surface area contributed by atoms with E-state index in [-0.39, 0.29) is 11.1 Å². The van der Waals surface area contributed by atoms with E-state index in [9.17, 15) is 0 Å². The quantitative estimate of drug-likeness (QED) is 0.490. The number of thiazole rings is 1. The first-order valence-corrected chi connectivity index (χ1v) is 11.8.